The van der Waals surface area contributed by atoms with Crippen LogP contribution in [0.25, 0.3) is 0 Å². The number of hydrogen-bond acceptors (Lipinski definition) is 10. The molecule has 0 unspecified atom stereocenters. The highest BCUT2D eigenvalue weighted by Crippen LogP contribution is 2.47. The lowest BCUT2D eigenvalue weighted by molar-refractivity contribution is 0.0830. The molecule has 68 heavy (non-hydrogen) atoms. The summed E-state index contributed by atoms with van der Waals surface area (Å²) in [6, 6.07) is 16.2. The summed E-state index contributed by atoms with van der Waals surface area (Å²) in [5.74, 6) is -0.506. The number of nitrogens with zero attached hydrogens (tertiary/aromatic N) is 4. The first-order valence-corrected chi connectivity index (χ1v) is 26.4. The van der Waals surface area contributed by atoms with E-state index in [0.717, 1.165) is 139 Å². The van der Waals surface area contributed by atoms with Crippen LogP contribution in [0, 0.1) is 17.5 Å². The fourth-order valence-electron chi connectivity index (χ4n) is 8.92. The van der Waals surface area contributed by atoms with Gasteiger partial charge in [0.05, 0.1) is 11.1 Å². The number of carbonyl (C=O) groups excluding carboxylic acids is 2. The van der Waals surface area contributed by atoms with E-state index in [4.69, 9.17) is 44.3 Å². The van der Waals surface area contributed by atoms with E-state index in [1.807, 2.05) is 20.7 Å². The van der Waals surface area contributed by atoms with Gasteiger partial charge in [0.25, 0.3) is 11.8 Å². The van der Waals surface area contributed by atoms with Gasteiger partial charge in [-0.15, -0.1) is 0 Å². The Hall–Kier alpha value is -3.38. The standard InChI is InChI=1S/C25H28Cl2FN3O2S.C25H28ClF2N3O2S/c26-18-9-16(10-19(27)11-18)14-30-6-1-3-20(15-30)33-24-13-23(28)22(12-21(24)17-4-5-17)25(32)29-34-31-7-2-8-31;26-22-11-18(27)7-6-17(22)14-30-8-1-3-19(15-30)33-24-13-23(28)21(12-20(24)16-4-5-16)25(32)29-34-31-9-2-10-31/h9-13,17,20H,1-8,14-15H2,(H,29,32);6-7,11-13,16,19H,1-5,8-10,14-15H2,(H,29,32)/t20-;19-/m11/s1. The molecule has 0 radical (unpaired) electrons. The minimum absolute atomic E-state index is 0.0399. The summed E-state index contributed by atoms with van der Waals surface area (Å²) >= 11 is 21.0. The van der Waals surface area contributed by atoms with Crippen LogP contribution >= 0.6 is 59.1 Å². The number of ether oxygens (including phenoxy) is 2. The summed E-state index contributed by atoms with van der Waals surface area (Å²) in [6.07, 6.45) is 9.94. The van der Waals surface area contributed by atoms with Gasteiger partial charge < -0.3 is 9.47 Å². The fraction of sp³-hybridized carbons (Fsp3) is 0.480. The second-order valence-electron chi connectivity index (χ2n) is 18.6. The summed E-state index contributed by atoms with van der Waals surface area (Å²) in [7, 11) is 0. The van der Waals surface area contributed by atoms with E-state index in [-0.39, 0.29) is 29.2 Å². The Kier molecular flexibility index (Phi) is 16.6. The van der Waals surface area contributed by atoms with Gasteiger partial charge in [0.15, 0.2) is 0 Å². The van der Waals surface area contributed by atoms with Crippen molar-refractivity contribution in [3.05, 3.63) is 127 Å². The highest BCUT2D eigenvalue weighted by atomic mass is 35.5. The van der Waals surface area contributed by atoms with Crippen molar-refractivity contribution in [3.8, 4) is 11.5 Å². The molecule has 2 saturated carbocycles. The Labute approximate surface area is 420 Å². The molecule has 2 atom stereocenters. The van der Waals surface area contributed by atoms with Crippen molar-refractivity contribution in [1.29, 1.82) is 0 Å². The van der Waals surface area contributed by atoms with Gasteiger partial charge in [-0.25, -0.2) is 21.8 Å². The van der Waals surface area contributed by atoms with Crippen LogP contribution in [0.3, 0.4) is 0 Å². The first-order valence-electron chi connectivity index (χ1n) is 23.7. The van der Waals surface area contributed by atoms with E-state index in [2.05, 4.69) is 19.2 Å². The number of nitrogens with one attached hydrogen (secondary N) is 2. The topological polar surface area (TPSA) is 89.6 Å². The molecule has 364 valence electrons. The summed E-state index contributed by atoms with van der Waals surface area (Å²) in [5, 5.41) is 1.68. The second-order valence-corrected chi connectivity index (χ2v) is 21.7. The first-order chi connectivity index (χ1) is 32.9. The lowest BCUT2D eigenvalue weighted by Crippen LogP contribution is -2.40. The monoisotopic (exact) mass is 1030 g/mol. The number of likely N-dealkylation sites (tertiary alicyclic amines) is 2. The quantitative estimate of drug-likeness (QED) is 0.106. The van der Waals surface area contributed by atoms with Crippen molar-refractivity contribution in [2.45, 2.75) is 101 Å². The smallest absolute Gasteiger partial charge is 0.265 e. The van der Waals surface area contributed by atoms with E-state index in [1.54, 1.807) is 24.3 Å². The Morgan fingerprint density at radius 1 is 0.588 bits per heavy atom. The molecule has 2 amide bonds. The third kappa shape index (κ3) is 13.3. The number of hydrogen-bond donors (Lipinski definition) is 2. The molecule has 10 rings (SSSR count). The van der Waals surface area contributed by atoms with E-state index in [1.165, 1.54) is 48.5 Å². The lowest BCUT2D eigenvalue weighted by Gasteiger charge is -2.33. The minimum Gasteiger partial charge on any atom is -0.489 e. The number of rotatable bonds is 16. The lowest BCUT2D eigenvalue weighted by atomic mass is 10.0. The van der Waals surface area contributed by atoms with Gasteiger partial charge in [-0.05, 0) is 154 Å². The van der Waals surface area contributed by atoms with Crippen LogP contribution in [0.1, 0.15) is 119 Å². The zero-order valence-electron chi connectivity index (χ0n) is 37.7. The molecular weight excluding hydrogens is 976 g/mol. The van der Waals surface area contributed by atoms with Gasteiger partial charge in [-0.2, -0.15) is 0 Å². The van der Waals surface area contributed by atoms with E-state index in [0.29, 0.717) is 51.5 Å². The van der Waals surface area contributed by atoms with Gasteiger partial charge in [0, 0.05) is 104 Å². The summed E-state index contributed by atoms with van der Waals surface area (Å²) in [4.78, 5) is 29.7. The van der Waals surface area contributed by atoms with Gasteiger partial charge in [0.1, 0.15) is 41.2 Å². The zero-order valence-corrected chi connectivity index (χ0v) is 41.6. The second kappa shape index (κ2) is 22.8. The number of benzene rings is 4. The summed E-state index contributed by atoms with van der Waals surface area (Å²) in [5.41, 5.74) is 3.96. The summed E-state index contributed by atoms with van der Waals surface area (Å²) < 4.78 is 65.6. The van der Waals surface area contributed by atoms with Crippen molar-refractivity contribution in [1.82, 2.24) is 27.9 Å². The van der Waals surface area contributed by atoms with Crippen molar-refractivity contribution in [2.75, 3.05) is 52.4 Å². The van der Waals surface area contributed by atoms with Crippen LogP contribution in [-0.2, 0) is 13.1 Å². The molecule has 6 aliphatic rings. The van der Waals surface area contributed by atoms with Crippen molar-refractivity contribution in [3.63, 3.8) is 0 Å². The van der Waals surface area contributed by atoms with Crippen molar-refractivity contribution >= 4 is 70.9 Å². The molecule has 6 fully saturated rings. The van der Waals surface area contributed by atoms with Gasteiger partial charge in [-0.1, -0.05) is 40.9 Å². The van der Waals surface area contributed by atoms with Crippen molar-refractivity contribution in [2.24, 2.45) is 0 Å². The molecule has 2 aliphatic carbocycles. The molecule has 18 heteroatoms. The van der Waals surface area contributed by atoms with E-state index < -0.39 is 23.4 Å². The van der Waals surface area contributed by atoms with Gasteiger partial charge >= 0.3 is 0 Å². The molecule has 10 nitrogen and oxygen atoms in total. The molecular formula is C50H56Cl3F3N6O4S2. The SMILES string of the molecule is O=C(NSN1CCC1)c1cc(C2CC2)c(O[C@@H]2CCCN(Cc3cc(Cl)cc(Cl)c3)C2)cc1F.O=C(NSN1CCC1)c1cc(C2CC2)c(O[C@@H]2CCCN(Cc3ccc(F)cc3Cl)C2)cc1F. The molecule has 0 bridgehead atoms. The predicted molar refractivity (Wildman–Crippen MR) is 265 cm³/mol. The van der Waals surface area contributed by atoms with Crippen LogP contribution in [0.5, 0.6) is 11.5 Å². The van der Waals surface area contributed by atoms with Crippen LogP contribution in [0.2, 0.25) is 15.1 Å². The van der Waals surface area contributed by atoms with Gasteiger partial charge in [0.2, 0.25) is 0 Å². The predicted octanol–water partition coefficient (Wildman–Crippen LogP) is 11.6. The Morgan fingerprint density at radius 3 is 1.51 bits per heavy atom. The molecule has 4 heterocycles. The van der Waals surface area contributed by atoms with E-state index in [9.17, 15) is 22.8 Å². The molecule has 4 aromatic rings. The van der Waals surface area contributed by atoms with Crippen LogP contribution in [-0.4, -0.2) is 94.8 Å². The van der Waals surface area contributed by atoms with E-state index >= 15 is 0 Å². The Bertz CT molecular complexity index is 2440. The third-order valence-corrected chi connectivity index (χ3v) is 15.7. The average molecular weight is 1030 g/mol. The molecule has 0 aromatic heterocycles. The zero-order chi connectivity index (χ0) is 47.3. The Morgan fingerprint density at radius 2 is 1.07 bits per heavy atom. The highest BCUT2D eigenvalue weighted by molar-refractivity contribution is 7.95. The highest BCUT2D eigenvalue weighted by Gasteiger charge is 2.34. The van der Waals surface area contributed by atoms with Crippen LogP contribution in [0.4, 0.5) is 13.2 Å². The number of halogens is 6. The van der Waals surface area contributed by atoms with Crippen LogP contribution < -0.4 is 18.9 Å². The molecule has 0 spiro atoms. The van der Waals surface area contributed by atoms with Crippen molar-refractivity contribution < 1.29 is 32.2 Å². The average Bonchev–Trinajstić information content (AvgIpc) is 4.20. The molecule has 4 saturated heterocycles. The normalized spacial score (nSPS) is 21.2. The largest absolute Gasteiger partial charge is 0.489 e. The molecule has 4 aliphatic heterocycles. The number of piperidine rings is 2. The minimum atomic E-state index is -0.563. The van der Waals surface area contributed by atoms with Gasteiger partial charge in [-0.3, -0.25) is 28.8 Å². The molecule has 2 N–H and O–H groups in total. The Balaban J connectivity index is 0.000000170. The number of amides is 2. The van der Waals surface area contributed by atoms with Crippen LogP contribution in [0.15, 0.2) is 60.7 Å². The third-order valence-electron chi connectivity index (χ3n) is 13.1. The molecule has 4 aromatic carbocycles. The maximum atomic E-state index is 15.0. The number of carbonyl (C=O) groups is 2. The maximum Gasteiger partial charge on any atom is 0.265 e. The fourth-order valence-corrected chi connectivity index (χ4v) is 11.2. The first kappa shape index (κ1) is 49.6. The summed E-state index contributed by atoms with van der Waals surface area (Å²) in [6.45, 7) is 8.35. The maximum absolute atomic E-state index is 15.0.